The summed E-state index contributed by atoms with van der Waals surface area (Å²) in [6.07, 6.45) is 1.69. The van der Waals surface area contributed by atoms with Gasteiger partial charge in [0.15, 0.2) is 16.6 Å². The van der Waals surface area contributed by atoms with Gasteiger partial charge in [-0.2, -0.15) is 0 Å². The minimum absolute atomic E-state index is 0.131. The number of hydrogen-bond acceptors (Lipinski definition) is 5. The Morgan fingerprint density at radius 3 is 2.68 bits per heavy atom. The molecular weight excluding hydrogens is 450 g/mol. The third-order valence-corrected chi connectivity index (χ3v) is 6.09. The standard InChI is InChI=1S/C26H31N3O4S/c1-2-31-12-6-10-27-26(34)29(11-9-19-7-4-3-5-8-19)18-21-15-20-16-23-24(33-14-13-32-23)17-22(20)28-25(21)30/h3-5,7-8,15-17H,2,6,9-14,18H2,1H3,(H,27,34)(H,28,30). The number of ether oxygens (including phenoxy) is 3. The second kappa shape index (κ2) is 11.9. The van der Waals surface area contributed by atoms with E-state index in [0.29, 0.717) is 61.7 Å². The van der Waals surface area contributed by atoms with Crippen LogP contribution in [0.3, 0.4) is 0 Å². The van der Waals surface area contributed by atoms with E-state index in [4.69, 9.17) is 26.4 Å². The molecule has 0 unspecified atom stereocenters. The molecule has 2 heterocycles. The van der Waals surface area contributed by atoms with E-state index in [2.05, 4.69) is 27.3 Å². The number of aromatic amines is 1. The number of pyridine rings is 1. The van der Waals surface area contributed by atoms with E-state index in [1.54, 1.807) is 0 Å². The molecule has 0 fully saturated rings. The summed E-state index contributed by atoms with van der Waals surface area (Å²) in [5.74, 6) is 1.35. The van der Waals surface area contributed by atoms with Crippen LogP contribution >= 0.6 is 12.2 Å². The first-order valence-electron chi connectivity index (χ1n) is 11.7. The lowest BCUT2D eigenvalue weighted by molar-refractivity contribution is 0.145. The number of rotatable bonds is 10. The van der Waals surface area contributed by atoms with Crippen molar-refractivity contribution in [2.45, 2.75) is 26.3 Å². The lowest BCUT2D eigenvalue weighted by Gasteiger charge is -2.26. The lowest BCUT2D eigenvalue weighted by atomic mass is 10.1. The Morgan fingerprint density at radius 1 is 1.15 bits per heavy atom. The topological polar surface area (TPSA) is 75.8 Å². The second-order valence-corrected chi connectivity index (χ2v) is 8.53. The van der Waals surface area contributed by atoms with Crippen molar-refractivity contribution in [2.24, 2.45) is 0 Å². The highest BCUT2D eigenvalue weighted by atomic mass is 32.1. The van der Waals surface area contributed by atoms with Crippen LogP contribution in [0.25, 0.3) is 10.9 Å². The molecule has 2 aromatic carbocycles. The zero-order chi connectivity index (χ0) is 23.8. The number of H-pyrrole nitrogens is 1. The van der Waals surface area contributed by atoms with Crippen molar-refractivity contribution in [1.82, 2.24) is 15.2 Å². The maximum atomic E-state index is 12.9. The van der Waals surface area contributed by atoms with Gasteiger partial charge in [0.1, 0.15) is 13.2 Å². The Balaban J connectivity index is 1.52. The molecule has 180 valence electrons. The molecule has 34 heavy (non-hydrogen) atoms. The van der Waals surface area contributed by atoms with E-state index in [-0.39, 0.29) is 5.56 Å². The molecule has 0 aliphatic carbocycles. The molecule has 0 saturated heterocycles. The van der Waals surface area contributed by atoms with Crippen LogP contribution in [0, 0.1) is 0 Å². The highest BCUT2D eigenvalue weighted by molar-refractivity contribution is 7.80. The van der Waals surface area contributed by atoms with Crippen molar-refractivity contribution in [3.8, 4) is 11.5 Å². The molecule has 1 aliphatic heterocycles. The van der Waals surface area contributed by atoms with Crippen LogP contribution in [-0.4, -0.2) is 54.5 Å². The molecule has 0 saturated carbocycles. The maximum Gasteiger partial charge on any atom is 0.253 e. The van der Waals surface area contributed by atoms with Gasteiger partial charge in [0.2, 0.25) is 0 Å². The number of nitrogens with one attached hydrogen (secondary N) is 2. The Labute approximate surface area is 205 Å². The number of thiocarbonyl (C=S) groups is 1. The lowest BCUT2D eigenvalue weighted by Crippen LogP contribution is -2.42. The van der Waals surface area contributed by atoms with Crippen LogP contribution in [0.2, 0.25) is 0 Å². The summed E-state index contributed by atoms with van der Waals surface area (Å²) < 4.78 is 16.8. The van der Waals surface area contributed by atoms with Gasteiger partial charge in [-0.3, -0.25) is 4.79 Å². The normalized spacial score (nSPS) is 12.5. The minimum atomic E-state index is -0.131. The van der Waals surface area contributed by atoms with Gasteiger partial charge < -0.3 is 29.4 Å². The predicted octanol–water partition coefficient (Wildman–Crippen LogP) is 3.65. The van der Waals surface area contributed by atoms with Gasteiger partial charge in [-0.05, 0) is 49.7 Å². The summed E-state index contributed by atoms with van der Waals surface area (Å²) in [5.41, 5.74) is 2.47. The number of fused-ring (bicyclic) bond motifs is 2. The Morgan fingerprint density at radius 2 is 1.91 bits per heavy atom. The van der Waals surface area contributed by atoms with Crippen molar-refractivity contribution < 1.29 is 14.2 Å². The minimum Gasteiger partial charge on any atom is -0.486 e. The first kappa shape index (κ1) is 24.0. The van der Waals surface area contributed by atoms with Crippen LogP contribution in [0.5, 0.6) is 11.5 Å². The molecule has 0 bridgehead atoms. The monoisotopic (exact) mass is 481 g/mol. The van der Waals surface area contributed by atoms with E-state index < -0.39 is 0 Å². The van der Waals surface area contributed by atoms with Gasteiger partial charge in [-0.1, -0.05) is 30.3 Å². The molecule has 2 N–H and O–H groups in total. The fraction of sp³-hybridized carbons (Fsp3) is 0.385. The second-order valence-electron chi connectivity index (χ2n) is 8.15. The van der Waals surface area contributed by atoms with Crippen LogP contribution in [0.15, 0.2) is 53.3 Å². The highest BCUT2D eigenvalue weighted by Crippen LogP contribution is 2.33. The smallest absolute Gasteiger partial charge is 0.253 e. The first-order valence-corrected chi connectivity index (χ1v) is 12.1. The summed E-state index contributed by atoms with van der Waals surface area (Å²) in [4.78, 5) is 18.0. The summed E-state index contributed by atoms with van der Waals surface area (Å²) in [6.45, 7) is 6.23. The van der Waals surface area contributed by atoms with E-state index in [9.17, 15) is 4.79 Å². The van der Waals surface area contributed by atoms with Crippen LogP contribution in [-0.2, 0) is 17.7 Å². The average Bonchev–Trinajstić information content (AvgIpc) is 2.86. The highest BCUT2D eigenvalue weighted by Gasteiger charge is 2.16. The Bertz CT molecular complexity index is 1170. The third-order valence-electron chi connectivity index (χ3n) is 5.69. The summed E-state index contributed by atoms with van der Waals surface area (Å²) >= 11 is 5.71. The number of hydrogen-bond donors (Lipinski definition) is 2. The van der Waals surface area contributed by atoms with Gasteiger partial charge in [-0.25, -0.2) is 0 Å². The van der Waals surface area contributed by atoms with E-state index in [0.717, 1.165) is 30.3 Å². The van der Waals surface area contributed by atoms with Gasteiger partial charge in [0.05, 0.1) is 12.1 Å². The quantitative estimate of drug-likeness (QED) is 0.338. The average molecular weight is 482 g/mol. The fourth-order valence-corrected chi connectivity index (χ4v) is 4.16. The van der Waals surface area contributed by atoms with E-state index >= 15 is 0 Å². The van der Waals surface area contributed by atoms with Gasteiger partial charge in [-0.15, -0.1) is 0 Å². The van der Waals surface area contributed by atoms with Crippen molar-refractivity contribution in [3.05, 3.63) is 70.0 Å². The van der Waals surface area contributed by atoms with Crippen LogP contribution < -0.4 is 20.3 Å². The number of benzene rings is 2. The fourth-order valence-electron chi connectivity index (χ4n) is 3.90. The summed E-state index contributed by atoms with van der Waals surface area (Å²) in [7, 11) is 0. The predicted molar refractivity (Wildman–Crippen MR) is 138 cm³/mol. The largest absolute Gasteiger partial charge is 0.486 e. The molecule has 7 nitrogen and oxygen atoms in total. The molecule has 4 rings (SSSR count). The van der Waals surface area contributed by atoms with E-state index in [1.165, 1.54) is 5.56 Å². The molecule has 0 amide bonds. The molecule has 0 radical (unpaired) electrons. The first-order chi connectivity index (χ1) is 16.6. The zero-order valence-corrected chi connectivity index (χ0v) is 20.3. The molecule has 8 heteroatoms. The van der Waals surface area contributed by atoms with Crippen molar-refractivity contribution >= 4 is 28.2 Å². The Kier molecular flexibility index (Phi) is 8.38. The zero-order valence-electron chi connectivity index (χ0n) is 19.5. The third kappa shape index (κ3) is 6.27. The molecule has 3 aromatic rings. The van der Waals surface area contributed by atoms with Crippen molar-refractivity contribution in [3.63, 3.8) is 0 Å². The van der Waals surface area contributed by atoms with E-state index in [1.807, 2.05) is 43.3 Å². The van der Waals surface area contributed by atoms with Gasteiger partial charge in [0.25, 0.3) is 5.56 Å². The maximum absolute atomic E-state index is 12.9. The molecule has 0 spiro atoms. The van der Waals surface area contributed by atoms with Crippen molar-refractivity contribution in [1.29, 1.82) is 0 Å². The molecule has 1 aliphatic rings. The van der Waals surface area contributed by atoms with Crippen LogP contribution in [0.1, 0.15) is 24.5 Å². The molecular formula is C26H31N3O4S. The van der Waals surface area contributed by atoms with Gasteiger partial charge in [0, 0.05) is 43.3 Å². The Hall–Kier alpha value is -3.10. The van der Waals surface area contributed by atoms with Crippen molar-refractivity contribution in [2.75, 3.05) is 39.5 Å². The molecule has 0 atom stereocenters. The number of aromatic nitrogens is 1. The molecule has 1 aromatic heterocycles. The summed E-state index contributed by atoms with van der Waals surface area (Å²) in [6, 6.07) is 15.9. The van der Waals surface area contributed by atoms with Gasteiger partial charge >= 0.3 is 0 Å². The summed E-state index contributed by atoms with van der Waals surface area (Å²) in [5, 5.41) is 4.86. The SMILES string of the molecule is CCOCCCNC(=S)N(CCc1ccccc1)Cc1cc2cc3c(cc2[nH]c1=O)OCCO3. The van der Waals surface area contributed by atoms with Crippen LogP contribution in [0.4, 0.5) is 0 Å². The number of nitrogens with zero attached hydrogens (tertiary/aromatic N) is 1.